The molecule has 142 valence electrons. The summed E-state index contributed by atoms with van der Waals surface area (Å²) in [6.45, 7) is 5.88. The van der Waals surface area contributed by atoms with Gasteiger partial charge in [0.15, 0.2) is 0 Å². The van der Waals surface area contributed by atoms with Crippen molar-refractivity contribution in [3.8, 4) is 5.75 Å². The SMILES string of the molecule is COc1cccc2c1C(C(=O)Nc1ccnc(C(N)=O)c1C(C)(C)C)CC2. The molecule has 2 amide bonds. The van der Waals surface area contributed by atoms with Crippen LogP contribution in [0.15, 0.2) is 30.5 Å². The van der Waals surface area contributed by atoms with Gasteiger partial charge in [0, 0.05) is 23.0 Å². The molecule has 3 N–H and O–H groups in total. The van der Waals surface area contributed by atoms with Crippen molar-refractivity contribution in [3.05, 3.63) is 52.8 Å². The van der Waals surface area contributed by atoms with Crippen LogP contribution in [0.3, 0.4) is 0 Å². The fourth-order valence-electron chi connectivity index (χ4n) is 3.82. The van der Waals surface area contributed by atoms with Gasteiger partial charge in [-0.1, -0.05) is 32.9 Å². The van der Waals surface area contributed by atoms with Gasteiger partial charge in [-0.2, -0.15) is 0 Å². The van der Waals surface area contributed by atoms with Gasteiger partial charge in [0.2, 0.25) is 5.91 Å². The predicted octanol–water partition coefficient (Wildman–Crippen LogP) is 3.16. The van der Waals surface area contributed by atoms with Crippen molar-refractivity contribution in [2.75, 3.05) is 12.4 Å². The molecule has 0 aliphatic heterocycles. The van der Waals surface area contributed by atoms with Crippen molar-refractivity contribution in [2.24, 2.45) is 5.73 Å². The van der Waals surface area contributed by atoms with E-state index in [4.69, 9.17) is 10.5 Å². The lowest BCUT2D eigenvalue weighted by Gasteiger charge is -2.25. The first kappa shape index (κ1) is 18.9. The Kier molecular flexibility index (Phi) is 4.91. The van der Waals surface area contributed by atoms with Crippen molar-refractivity contribution >= 4 is 17.5 Å². The van der Waals surface area contributed by atoms with Crippen LogP contribution < -0.4 is 15.8 Å². The number of primary amides is 1. The molecule has 2 aromatic rings. The largest absolute Gasteiger partial charge is 0.496 e. The monoisotopic (exact) mass is 367 g/mol. The predicted molar refractivity (Wildman–Crippen MR) is 104 cm³/mol. The molecule has 27 heavy (non-hydrogen) atoms. The van der Waals surface area contributed by atoms with E-state index >= 15 is 0 Å². The first-order valence-electron chi connectivity index (χ1n) is 9.00. The Balaban J connectivity index is 1.98. The number of fused-ring (bicyclic) bond motifs is 1. The number of rotatable bonds is 4. The molecule has 1 aromatic carbocycles. The maximum absolute atomic E-state index is 13.1. The van der Waals surface area contributed by atoms with Gasteiger partial charge in [-0.15, -0.1) is 0 Å². The molecule has 1 heterocycles. The lowest BCUT2D eigenvalue weighted by atomic mass is 9.84. The van der Waals surface area contributed by atoms with Gasteiger partial charge in [-0.25, -0.2) is 0 Å². The zero-order valence-electron chi connectivity index (χ0n) is 16.1. The van der Waals surface area contributed by atoms with E-state index in [0.717, 1.165) is 29.7 Å². The second kappa shape index (κ2) is 7.02. The number of nitrogens with one attached hydrogen (secondary N) is 1. The number of carbonyl (C=O) groups excluding carboxylic acids is 2. The average Bonchev–Trinajstić information content (AvgIpc) is 3.04. The number of nitrogens with zero attached hydrogens (tertiary/aromatic N) is 1. The van der Waals surface area contributed by atoms with E-state index in [0.29, 0.717) is 11.3 Å². The number of nitrogens with two attached hydrogens (primary N) is 1. The van der Waals surface area contributed by atoms with Crippen molar-refractivity contribution in [2.45, 2.75) is 44.9 Å². The molecule has 3 rings (SSSR count). The van der Waals surface area contributed by atoms with Crippen LogP contribution in [0.5, 0.6) is 5.75 Å². The summed E-state index contributed by atoms with van der Waals surface area (Å²) in [6.07, 6.45) is 3.05. The summed E-state index contributed by atoms with van der Waals surface area (Å²) in [6, 6.07) is 7.56. The van der Waals surface area contributed by atoms with E-state index in [2.05, 4.69) is 10.3 Å². The van der Waals surface area contributed by atoms with Crippen LogP contribution in [0.2, 0.25) is 0 Å². The third-order valence-corrected chi connectivity index (χ3v) is 4.94. The lowest BCUT2D eigenvalue weighted by molar-refractivity contribution is -0.117. The highest BCUT2D eigenvalue weighted by Gasteiger charge is 2.33. The molecular weight excluding hydrogens is 342 g/mol. The summed E-state index contributed by atoms with van der Waals surface area (Å²) >= 11 is 0. The first-order valence-corrected chi connectivity index (χ1v) is 9.00. The van der Waals surface area contributed by atoms with E-state index < -0.39 is 11.3 Å². The van der Waals surface area contributed by atoms with Gasteiger partial charge in [0.25, 0.3) is 5.91 Å². The van der Waals surface area contributed by atoms with Gasteiger partial charge in [-0.05, 0) is 36.0 Å². The molecule has 0 spiro atoms. The van der Waals surface area contributed by atoms with Gasteiger partial charge in [-0.3, -0.25) is 14.6 Å². The molecule has 0 fully saturated rings. The molecule has 0 saturated carbocycles. The number of amides is 2. The molecule has 1 aliphatic rings. The van der Waals surface area contributed by atoms with Crippen LogP contribution >= 0.6 is 0 Å². The van der Waals surface area contributed by atoms with Crippen molar-refractivity contribution in [1.29, 1.82) is 0 Å². The maximum atomic E-state index is 13.1. The Morgan fingerprint density at radius 3 is 2.63 bits per heavy atom. The van der Waals surface area contributed by atoms with Crippen LogP contribution in [0.4, 0.5) is 5.69 Å². The standard InChI is InChI=1S/C21H25N3O3/c1-21(2,3)17-14(10-11-23-18(17)19(22)25)24-20(26)13-9-8-12-6-5-7-15(27-4)16(12)13/h5-7,10-11,13H,8-9H2,1-4H3,(H2,22,25)(H,23,24,26). The molecule has 6 heteroatoms. The Morgan fingerprint density at radius 1 is 1.26 bits per heavy atom. The van der Waals surface area contributed by atoms with E-state index in [1.807, 2.05) is 39.0 Å². The highest BCUT2D eigenvalue weighted by atomic mass is 16.5. The van der Waals surface area contributed by atoms with Crippen molar-refractivity contribution in [1.82, 2.24) is 4.98 Å². The fraction of sp³-hybridized carbons (Fsp3) is 0.381. The Morgan fingerprint density at radius 2 is 2.00 bits per heavy atom. The van der Waals surface area contributed by atoms with E-state index in [-0.39, 0.29) is 17.5 Å². The highest BCUT2D eigenvalue weighted by molar-refractivity contribution is 6.00. The van der Waals surface area contributed by atoms with Crippen LogP contribution in [0.25, 0.3) is 0 Å². The van der Waals surface area contributed by atoms with Crippen molar-refractivity contribution in [3.63, 3.8) is 0 Å². The minimum absolute atomic E-state index is 0.120. The highest BCUT2D eigenvalue weighted by Crippen LogP contribution is 2.40. The summed E-state index contributed by atoms with van der Waals surface area (Å²) in [4.78, 5) is 29.1. The Labute approximate surface area is 159 Å². The molecule has 1 aliphatic carbocycles. The van der Waals surface area contributed by atoms with Gasteiger partial charge < -0.3 is 15.8 Å². The number of methoxy groups -OCH3 is 1. The summed E-state index contributed by atoms with van der Waals surface area (Å²) in [7, 11) is 1.61. The molecule has 1 atom stereocenters. The zero-order chi connectivity index (χ0) is 19.8. The van der Waals surface area contributed by atoms with E-state index in [1.54, 1.807) is 13.2 Å². The minimum atomic E-state index is -0.607. The number of benzene rings is 1. The van der Waals surface area contributed by atoms with Crippen LogP contribution in [0, 0.1) is 0 Å². The van der Waals surface area contributed by atoms with Crippen LogP contribution in [0.1, 0.15) is 60.3 Å². The molecule has 1 aromatic heterocycles. The number of pyridine rings is 1. The number of aromatic nitrogens is 1. The first-order chi connectivity index (χ1) is 12.7. The molecule has 0 bridgehead atoms. The minimum Gasteiger partial charge on any atom is -0.496 e. The average molecular weight is 367 g/mol. The molecule has 0 saturated heterocycles. The second-order valence-electron chi connectivity index (χ2n) is 7.81. The smallest absolute Gasteiger partial charge is 0.267 e. The Hall–Kier alpha value is -2.89. The zero-order valence-corrected chi connectivity index (χ0v) is 16.1. The third-order valence-electron chi connectivity index (χ3n) is 4.94. The summed E-state index contributed by atoms with van der Waals surface area (Å²) in [5.74, 6) is -0.294. The number of anilines is 1. The summed E-state index contributed by atoms with van der Waals surface area (Å²) < 4.78 is 5.47. The molecule has 6 nitrogen and oxygen atoms in total. The van der Waals surface area contributed by atoms with E-state index in [1.165, 1.54) is 6.20 Å². The van der Waals surface area contributed by atoms with Crippen LogP contribution in [-0.2, 0) is 16.6 Å². The summed E-state index contributed by atoms with van der Waals surface area (Å²) in [5.41, 5.74) is 8.57. The molecule has 1 unspecified atom stereocenters. The quantitative estimate of drug-likeness (QED) is 0.868. The van der Waals surface area contributed by atoms with Gasteiger partial charge in [0.1, 0.15) is 11.4 Å². The number of hydrogen-bond donors (Lipinski definition) is 2. The number of hydrogen-bond acceptors (Lipinski definition) is 4. The van der Waals surface area contributed by atoms with Gasteiger partial charge >= 0.3 is 0 Å². The normalized spacial score (nSPS) is 15.9. The Bertz CT molecular complexity index is 900. The number of ether oxygens (including phenoxy) is 1. The molecule has 0 radical (unpaired) electrons. The van der Waals surface area contributed by atoms with Crippen LogP contribution in [-0.4, -0.2) is 23.9 Å². The number of aryl methyl sites for hydroxylation is 1. The fourth-order valence-corrected chi connectivity index (χ4v) is 3.82. The van der Waals surface area contributed by atoms with Gasteiger partial charge in [0.05, 0.1) is 13.0 Å². The number of carbonyl (C=O) groups is 2. The third kappa shape index (κ3) is 3.52. The lowest BCUT2D eigenvalue weighted by Crippen LogP contribution is -2.27. The summed E-state index contributed by atoms with van der Waals surface area (Å²) in [5, 5.41) is 3.00. The topological polar surface area (TPSA) is 94.3 Å². The van der Waals surface area contributed by atoms with E-state index in [9.17, 15) is 9.59 Å². The van der Waals surface area contributed by atoms with Crippen molar-refractivity contribution < 1.29 is 14.3 Å². The second-order valence-corrected chi connectivity index (χ2v) is 7.81. The maximum Gasteiger partial charge on any atom is 0.267 e. The molecular formula is C21H25N3O3.